The van der Waals surface area contributed by atoms with E-state index >= 15 is 0 Å². The van der Waals surface area contributed by atoms with E-state index in [0.717, 1.165) is 0 Å². The van der Waals surface area contributed by atoms with Crippen LogP contribution >= 0.6 is 35.1 Å². The highest BCUT2D eigenvalue weighted by Crippen LogP contribution is 2.41. The van der Waals surface area contributed by atoms with Gasteiger partial charge >= 0.3 is 5.97 Å². The van der Waals surface area contributed by atoms with Crippen LogP contribution in [-0.4, -0.2) is 88.7 Å². The first-order valence-corrected chi connectivity index (χ1v) is 12.2. The number of nitrogen functional groups attached to an aromatic ring is 1. The van der Waals surface area contributed by atoms with Crippen LogP contribution in [0.5, 0.6) is 0 Å². The number of nitrogens with one attached hydrogen (secondary N) is 1. The lowest BCUT2D eigenvalue weighted by atomic mass is 10.0. The number of aryl methyl sites for hydroxylation is 1. The Morgan fingerprint density at radius 3 is 2.89 bits per heavy atom. The van der Waals surface area contributed by atoms with Crippen molar-refractivity contribution in [1.29, 1.82) is 0 Å². The Morgan fingerprint density at radius 2 is 2.23 bits per heavy atom. The molecule has 0 bridgehead atoms. The molecule has 2 aromatic heterocycles. The minimum absolute atomic E-state index is 0.0189. The molecule has 4 N–H and O–H groups in total. The van der Waals surface area contributed by atoms with E-state index in [9.17, 15) is 19.5 Å². The molecule has 0 radical (unpaired) electrons. The van der Waals surface area contributed by atoms with Crippen molar-refractivity contribution in [2.45, 2.75) is 16.6 Å². The number of pyridine rings is 1. The number of aliphatic carboxylic acids is 1. The Balaban J connectivity index is 1.52. The molecule has 14 nitrogen and oxygen atoms in total. The average Bonchev–Trinajstić information content (AvgIpc) is 3.24. The lowest BCUT2D eigenvalue weighted by Gasteiger charge is -2.49. The zero-order valence-corrected chi connectivity index (χ0v) is 20.6. The monoisotopic (exact) mass is 539 g/mol. The average molecular weight is 540 g/mol. The van der Waals surface area contributed by atoms with Crippen LogP contribution in [-0.2, 0) is 26.3 Å². The van der Waals surface area contributed by atoms with Crippen LogP contribution in [0.3, 0.4) is 0 Å². The number of rotatable bonds is 8. The van der Waals surface area contributed by atoms with Gasteiger partial charge in [-0.25, -0.2) is 14.5 Å². The number of halogens is 1. The van der Waals surface area contributed by atoms with E-state index in [-0.39, 0.29) is 33.7 Å². The van der Waals surface area contributed by atoms with Crippen LogP contribution in [0, 0.1) is 0 Å². The predicted octanol–water partition coefficient (Wildman–Crippen LogP) is -0.278. The molecule has 0 spiro atoms. The summed E-state index contributed by atoms with van der Waals surface area (Å²) >= 11 is 8.72. The number of tetrazole rings is 1. The molecule has 0 aliphatic carbocycles. The maximum atomic E-state index is 13.0. The summed E-state index contributed by atoms with van der Waals surface area (Å²) in [6.45, 7) is 0. The van der Waals surface area contributed by atoms with Crippen molar-refractivity contribution in [2.75, 3.05) is 24.3 Å². The van der Waals surface area contributed by atoms with Gasteiger partial charge in [-0.1, -0.05) is 28.5 Å². The second-order valence-electron chi connectivity index (χ2n) is 7.18. The van der Waals surface area contributed by atoms with Crippen LogP contribution in [0.25, 0.3) is 0 Å². The number of carboxylic acids is 1. The molecule has 4 heterocycles. The van der Waals surface area contributed by atoms with Gasteiger partial charge in [0, 0.05) is 18.6 Å². The number of thioether (sulfide) groups is 2. The van der Waals surface area contributed by atoms with Gasteiger partial charge in [0.15, 0.2) is 5.71 Å². The third kappa shape index (κ3) is 4.76. The van der Waals surface area contributed by atoms with Gasteiger partial charge < -0.3 is 21.0 Å². The molecule has 1 unspecified atom stereocenters. The minimum Gasteiger partial charge on any atom is -0.477 e. The molecule has 2 aromatic rings. The number of carboxylic acid groups (broad SMARTS) is 1. The molecule has 2 amide bonds. The molecule has 1 fully saturated rings. The van der Waals surface area contributed by atoms with Crippen molar-refractivity contribution in [3.8, 4) is 0 Å². The summed E-state index contributed by atoms with van der Waals surface area (Å²) in [5, 5.41) is 27.2. The number of hydrogen-bond acceptors (Lipinski definition) is 12. The number of anilines is 1. The summed E-state index contributed by atoms with van der Waals surface area (Å²) in [5.41, 5.74) is 5.83. The maximum absolute atomic E-state index is 13.0. The Kier molecular flexibility index (Phi) is 7.13. The van der Waals surface area contributed by atoms with E-state index in [0.29, 0.717) is 16.5 Å². The van der Waals surface area contributed by atoms with Crippen molar-refractivity contribution in [2.24, 2.45) is 12.2 Å². The van der Waals surface area contributed by atoms with Crippen molar-refractivity contribution >= 4 is 64.4 Å². The Hall–Kier alpha value is -3.37. The smallest absolute Gasteiger partial charge is 0.352 e. The highest BCUT2D eigenvalue weighted by atomic mass is 35.5. The lowest BCUT2D eigenvalue weighted by molar-refractivity contribution is -0.150. The molecule has 0 aromatic carbocycles. The van der Waals surface area contributed by atoms with Crippen LogP contribution in [0.1, 0.15) is 5.69 Å². The number of hydrogen-bond donors (Lipinski definition) is 3. The van der Waals surface area contributed by atoms with Crippen molar-refractivity contribution in [1.82, 2.24) is 35.4 Å². The predicted molar refractivity (Wildman–Crippen MR) is 126 cm³/mol. The molecule has 184 valence electrons. The zero-order chi connectivity index (χ0) is 25.3. The van der Waals surface area contributed by atoms with Gasteiger partial charge in [-0.2, -0.15) is 0 Å². The quantitative estimate of drug-likeness (QED) is 0.172. The van der Waals surface area contributed by atoms with E-state index in [1.807, 2.05) is 0 Å². The van der Waals surface area contributed by atoms with Crippen LogP contribution < -0.4 is 11.1 Å². The molecule has 2 aliphatic rings. The Morgan fingerprint density at radius 1 is 1.46 bits per heavy atom. The number of oxime groups is 1. The number of carbonyl (C=O) groups is 3. The number of nitrogens with zero attached hydrogens (tertiary/aromatic N) is 7. The Bertz CT molecular complexity index is 1270. The van der Waals surface area contributed by atoms with E-state index in [1.165, 1.54) is 52.3 Å². The number of nitrogens with two attached hydrogens (primary N) is 1. The maximum Gasteiger partial charge on any atom is 0.352 e. The standard InChI is InChI=1S/C18H18ClN9O5S2/c1-27-18(23-25-26-27)35-6-7-5-34-16-12(15(30)28(16)13(7)17(31)32)22-14(29)11(24-33-2)10-8(19)3-4-9(20)21-10/h3-4,12,16H,5-6H2,1-2H3,(H2,20,21)(H,22,29)(H,31,32)/b24-11-/t12?,16-/m1/s1. The molecule has 2 atom stereocenters. The molecule has 17 heteroatoms. The van der Waals surface area contributed by atoms with E-state index < -0.39 is 29.2 Å². The van der Waals surface area contributed by atoms with Gasteiger partial charge in [0.1, 0.15) is 35.7 Å². The second-order valence-corrected chi connectivity index (χ2v) is 9.64. The SMILES string of the molecule is CO/N=C(\C(=O)NC1C(=O)N2C(C(=O)O)=C(CSc3nnnn3C)CS[C@H]12)c1nc(N)ccc1Cl. The molecule has 35 heavy (non-hydrogen) atoms. The normalized spacial score (nSPS) is 19.8. The number of aromatic nitrogens is 5. The highest BCUT2D eigenvalue weighted by molar-refractivity contribution is 8.01. The van der Waals surface area contributed by atoms with Gasteiger partial charge in [-0.05, 0) is 28.1 Å². The largest absolute Gasteiger partial charge is 0.477 e. The fourth-order valence-electron chi connectivity index (χ4n) is 3.41. The minimum atomic E-state index is -1.24. The molecular formula is C18H18ClN9O5S2. The first-order chi connectivity index (χ1) is 16.7. The topological polar surface area (TPSA) is 191 Å². The summed E-state index contributed by atoms with van der Waals surface area (Å²) < 4.78 is 1.46. The molecule has 0 saturated carbocycles. The molecule has 2 aliphatic heterocycles. The van der Waals surface area contributed by atoms with Crippen LogP contribution in [0.15, 0.2) is 33.7 Å². The summed E-state index contributed by atoms with van der Waals surface area (Å²) in [4.78, 5) is 47.9. The first kappa shape index (κ1) is 24.7. The molecule has 1 saturated heterocycles. The van der Waals surface area contributed by atoms with Crippen LogP contribution in [0.2, 0.25) is 5.02 Å². The molecule has 4 rings (SSSR count). The number of amides is 2. The van der Waals surface area contributed by atoms with Crippen molar-refractivity contribution in [3.05, 3.63) is 34.1 Å². The number of β-lactam (4-membered cyclic amide) rings is 1. The van der Waals surface area contributed by atoms with E-state index in [4.69, 9.17) is 22.2 Å². The van der Waals surface area contributed by atoms with Gasteiger partial charge in [0.2, 0.25) is 5.16 Å². The summed E-state index contributed by atoms with van der Waals surface area (Å²) in [7, 11) is 2.90. The summed E-state index contributed by atoms with van der Waals surface area (Å²) in [6.07, 6.45) is 0. The van der Waals surface area contributed by atoms with Crippen molar-refractivity contribution < 1.29 is 24.3 Å². The highest BCUT2D eigenvalue weighted by Gasteiger charge is 2.54. The third-order valence-corrected chi connectivity index (χ3v) is 7.72. The van der Waals surface area contributed by atoms with E-state index in [2.05, 4.69) is 31.0 Å². The van der Waals surface area contributed by atoms with Crippen molar-refractivity contribution in [3.63, 3.8) is 0 Å². The zero-order valence-electron chi connectivity index (χ0n) is 18.2. The fourth-order valence-corrected chi connectivity index (χ4v) is 5.94. The lowest BCUT2D eigenvalue weighted by Crippen LogP contribution is -2.71. The number of fused-ring (bicyclic) bond motifs is 1. The van der Waals surface area contributed by atoms with Gasteiger partial charge in [-0.15, -0.1) is 16.9 Å². The molecular weight excluding hydrogens is 522 g/mol. The van der Waals surface area contributed by atoms with Gasteiger partial charge in [0.25, 0.3) is 11.8 Å². The second kappa shape index (κ2) is 10.1. The Labute approximate surface area is 211 Å². The van der Waals surface area contributed by atoms with Gasteiger partial charge in [0.05, 0.1) is 5.02 Å². The summed E-state index contributed by atoms with van der Waals surface area (Å²) in [5.74, 6) is -1.87. The van der Waals surface area contributed by atoms with E-state index in [1.54, 1.807) is 7.05 Å². The fraction of sp³-hybridized carbons (Fsp3) is 0.333. The summed E-state index contributed by atoms with van der Waals surface area (Å²) in [6, 6.07) is 1.92. The van der Waals surface area contributed by atoms with Crippen LogP contribution in [0.4, 0.5) is 5.82 Å². The third-order valence-electron chi connectivity index (χ3n) is 4.98. The van der Waals surface area contributed by atoms with Gasteiger partial charge in [-0.3, -0.25) is 14.5 Å². The first-order valence-electron chi connectivity index (χ1n) is 9.82. The number of carbonyl (C=O) groups excluding carboxylic acids is 2.